The van der Waals surface area contributed by atoms with E-state index < -0.39 is 0 Å². The van der Waals surface area contributed by atoms with Crippen LogP contribution < -0.4 is 15.4 Å². The zero-order valence-electron chi connectivity index (χ0n) is 15.2. The maximum absolute atomic E-state index is 12.3. The summed E-state index contributed by atoms with van der Waals surface area (Å²) in [5.41, 5.74) is 0.413. The van der Waals surface area contributed by atoms with E-state index in [1.807, 2.05) is 13.0 Å². The summed E-state index contributed by atoms with van der Waals surface area (Å²) in [6.07, 6.45) is 2.15. The van der Waals surface area contributed by atoms with Gasteiger partial charge in [-0.2, -0.15) is 5.26 Å². The van der Waals surface area contributed by atoms with Crippen molar-refractivity contribution in [3.63, 3.8) is 0 Å². The standard InChI is InChI=1S/C20H18ClN3O3S/c1-12-6-13(2-4-15(12)21)27-8-17(25)23-19-9-20(10-19,11-19)24-18(26)16-5-3-14(7-22)28-16/h2-6H,8-11H2,1H3,(H,23,25)(H,24,26). The van der Waals surface area contributed by atoms with Gasteiger partial charge in [-0.05, 0) is 62.1 Å². The number of rotatable bonds is 6. The molecule has 0 radical (unpaired) electrons. The molecule has 0 aliphatic heterocycles. The van der Waals surface area contributed by atoms with E-state index in [1.165, 1.54) is 11.3 Å². The zero-order valence-corrected chi connectivity index (χ0v) is 16.7. The van der Waals surface area contributed by atoms with E-state index in [0.717, 1.165) is 5.56 Å². The van der Waals surface area contributed by atoms with Crippen molar-refractivity contribution >= 4 is 34.8 Å². The van der Waals surface area contributed by atoms with Gasteiger partial charge < -0.3 is 15.4 Å². The Bertz CT molecular complexity index is 991. The number of carbonyl (C=O) groups is 2. The fraction of sp³-hybridized carbons (Fsp3) is 0.350. The van der Waals surface area contributed by atoms with Crippen LogP contribution in [0.1, 0.15) is 39.4 Å². The Balaban J connectivity index is 1.24. The first kappa shape index (κ1) is 18.8. The van der Waals surface area contributed by atoms with Crippen LogP contribution in [0.3, 0.4) is 0 Å². The van der Waals surface area contributed by atoms with Crippen LogP contribution in [0, 0.1) is 18.3 Å². The molecular weight excluding hydrogens is 398 g/mol. The lowest BCUT2D eigenvalue weighted by Gasteiger charge is -2.70. The Morgan fingerprint density at radius 1 is 1.21 bits per heavy atom. The van der Waals surface area contributed by atoms with Gasteiger partial charge in [0.05, 0.1) is 4.88 Å². The van der Waals surface area contributed by atoms with Gasteiger partial charge in [0, 0.05) is 16.1 Å². The molecule has 8 heteroatoms. The molecule has 28 heavy (non-hydrogen) atoms. The molecule has 1 aromatic carbocycles. The normalized spacial score (nSPS) is 24.3. The monoisotopic (exact) mass is 415 g/mol. The van der Waals surface area contributed by atoms with Crippen LogP contribution in [0.15, 0.2) is 30.3 Å². The fourth-order valence-corrected chi connectivity index (χ4v) is 4.88. The third-order valence-electron chi connectivity index (χ3n) is 5.25. The minimum Gasteiger partial charge on any atom is -0.484 e. The van der Waals surface area contributed by atoms with Crippen molar-refractivity contribution < 1.29 is 14.3 Å². The highest BCUT2D eigenvalue weighted by Gasteiger charge is 2.69. The van der Waals surface area contributed by atoms with Crippen LogP contribution in [-0.4, -0.2) is 29.5 Å². The lowest BCUT2D eigenvalue weighted by Crippen LogP contribution is -2.84. The largest absolute Gasteiger partial charge is 0.484 e. The minimum atomic E-state index is -0.241. The lowest BCUT2D eigenvalue weighted by molar-refractivity contribution is -0.141. The zero-order chi connectivity index (χ0) is 19.9. The van der Waals surface area contributed by atoms with Crippen molar-refractivity contribution in [2.24, 2.45) is 0 Å². The molecule has 3 fully saturated rings. The molecule has 2 N–H and O–H groups in total. The summed E-state index contributed by atoms with van der Waals surface area (Å²) >= 11 is 7.16. The quantitative estimate of drug-likeness (QED) is 0.758. The molecule has 6 nitrogen and oxygen atoms in total. The van der Waals surface area contributed by atoms with E-state index in [2.05, 4.69) is 10.6 Å². The number of nitrogens with zero attached hydrogens (tertiary/aromatic N) is 1. The summed E-state index contributed by atoms with van der Waals surface area (Å²) < 4.78 is 5.53. The van der Waals surface area contributed by atoms with Crippen LogP contribution in [0.4, 0.5) is 0 Å². The summed E-state index contributed by atoms with van der Waals surface area (Å²) in [4.78, 5) is 25.6. The average Bonchev–Trinajstić information content (AvgIpc) is 3.09. The smallest absolute Gasteiger partial charge is 0.261 e. The highest BCUT2D eigenvalue weighted by Crippen LogP contribution is 2.60. The van der Waals surface area contributed by atoms with E-state index in [0.29, 0.717) is 39.8 Å². The van der Waals surface area contributed by atoms with Gasteiger partial charge in [-0.3, -0.25) is 9.59 Å². The summed E-state index contributed by atoms with van der Waals surface area (Å²) in [5, 5.41) is 15.6. The molecule has 0 saturated heterocycles. The number of amides is 2. The highest BCUT2D eigenvalue weighted by molar-refractivity contribution is 7.14. The van der Waals surface area contributed by atoms with Gasteiger partial charge in [0.2, 0.25) is 0 Å². The van der Waals surface area contributed by atoms with Gasteiger partial charge in [-0.1, -0.05) is 11.6 Å². The summed E-state index contributed by atoms with van der Waals surface area (Å²) in [5.74, 6) is 0.266. The van der Waals surface area contributed by atoms with Gasteiger partial charge in [-0.25, -0.2) is 0 Å². The third kappa shape index (κ3) is 3.46. The van der Waals surface area contributed by atoms with E-state index in [9.17, 15) is 9.59 Å². The molecule has 0 atom stereocenters. The first-order valence-electron chi connectivity index (χ1n) is 8.85. The number of benzene rings is 1. The second-order valence-corrected chi connectivity index (χ2v) is 9.06. The minimum absolute atomic E-state index is 0.0612. The topological polar surface area (TPSA) is 91.2 Å². The number of nitrogens with one attached hydrogen (secondary N) is 2. The molecule has 1 aromatic heterocycles. The van der Waals surface area contributed by atoms with Crippen molar-refractivity contribution in [3.05, 3.63) is 50.7 Å². The second kappa shape index (κ2) is 6.80. The fourth-order valence-electron chi connectivity index (χ4n) is 4.06. The highest BCUT2D eigenvalue weighted by atomic mass is 35.5. The molecule has 144 valence electrons. The van der Waals surface area contributed by atoms with E-state index >= 15 is 0 Å². The molecule has 2 bridgehead atoms. The van der Waals surface area contributed by atoms with E-state index in [4.69, 9.17) is 21.6 Å². The van der Waals surface area contributed by atoms with Crippen LogP contribution in [0.2, 0.25) is 5.02 Å². The maximum atomic E-state index is 12.3. The third-order valence-corrected chi connectivity index (χ3v) is 6.67. The molecular formula is C20H18ClN3O3S. The van der Waals surface area contributed by atoms with Gasteiger partial charge in [-0.15, -0.1) is 11.3 Å². The number of hydrogen-bond donors (Lipinski definition) is 2. The number of nitriles is 1. The van der Waals surface area contributed by atoms with Crippen LogP contribution >= 0.6 is 22.9 Å². The Hall–Kier alpha value is -2.56. The first-order valence-corrected chi connectivity index (χ1v) is 10.0. The first-order chi connectivity index (χ1) is 13.3. The lowest BCUT2D eigenvalue weighted by atomic mass is 9.44. The van der Waals surface area contributed by atoms with Gasteiger partial charge in [0.15, 0.2) is 6.61 Å². The Morgan fingerprint density at radius 3 is 2.57 bits per heavy atom. The van der Waals surface area contributed by atoms with Crippen molar-refractivity contribution in [1.29, 1.82) is 5.26 Å². The summed E-state index contributed by atoms with van der Waals surface area (Å²) in [6.45, 7) is 1.82. The maximum Gasteiger partial charge on any atom is 0.261 e. The van der Waals surface area contributed by atoms with Crippen LogP contribution in [0.25, 0.3) is 0 Å². The number of halogens is 1. The van der Waals surface area contributed by atoms with Crippen LogP contribution in [0.5, 0.6) is 5.75 Å². The van der Waals surface area contributed by atoms with Gasteiger partial charge in [0.25, 0.3) is 11.8 Å². The molecule has 0 spiro atoms. The molecule has 2 aromatic rings. The summed E-state index contributed by atoms with van der Waals surface area (Å²) in [7, 11) is 0. The number of thiophene rings is 1. The number of hydrogen-bond acceptors (Lipinski definition) is 5. The molecule has 5 rings (SSSR count). The molecule has 2 amide bonds. The molecule has 3 saturated carbocycles. The Morgan fingerprint density at radius 2 is 1.93 bits per heavy atom. The molecule has 3 aliphatic rings. The predicted octanol–water partition coefficient (Wildman–Crippen LogP) is 3.18. The van der Waals surface area contributed by atoms with Gasteiger partial charge >= 0.3 is 0 Å². The number of aryl methyl sites for hydroxylation is 1. The molecule has 3 aliphatic carbocycles. The van der Waals surface area contributed by atoms with E-state index in [1.54, 1.807) is 30.3 Å². The number of ether oxygens (including phenoxy) is 1. The second-order valence-electron chi connectivity index (χ2n) is 7.57. The van der Waals surface area contributed by atoms with Gasteiger partial charge in [0.1, 0.15) is 16.7 Å². The Kier molecular flexibility index (Phi) is 4.56. The van der Waals surface area contributed by atoms with Crippen molar-refractivity contribution in [1.82, 2.24) is 10.6 Å². The number of carbonyl (C=O) groups excluding carboxylic acids is 2. The van der Waals surface area contributed by atoms with Crippen molar-refractivity contribution in [3.8, 4) is 11.8 Å². The van der Waals surface area contributed by atoms with Crippen molar-refractivity contribution in [2.45, 2.75) is 37.3 Å². The SMILES string of the molecule is Cc1cc(OCC(=O)NC23CC(NC(=O)c4ccc(C#N)s4)(C2)C3)ccc1Cl. The summed E-state index contributed by atoms with van der Waals surface area (Å²) in [6, 6.07) is 10.6. The van der Waals surface area contributed by atoms with Crippen molar-refractivity contribution in [2.75, 3.05) is 6.61 Å². The molecule has 0 unspecified atom stereocenters. The Labute approximate surface area is 171 Å². The van der Waals surface area contributed by atoms with E-state index in [-0.39, 0.29) is 29.5 Å². The molecule has 1 heterocycles. The average molecular weight is 416 g/mol. The van der Waals surface area contributed by atoms with Crippen LogP contribution in [-0.2, 0) is 4.79 Å². The predicted molar refractivity (Wildman–Crippen MR) is 106 cm³/mol.